The van der Waals surface area contributed by atoms with Crippen molar-refractivity contribution in [2.75, 3.05) is 0 Å². The lowest BCUT2D eigenvalue weighted by Gasteiger charge is -2.23. The average Bonchev–Trinajstić information content (AvgIpc) is 2.18. The van der Waals surface area contributed by atoms with E-state index < -0.39 is 5.60 Å². The summed E-state index contributed by atoms with van der Waals surface area (Å²) in [4.78, 5) is 0. The fourth-order valence-corrected chi connectivity index (χ4v) is 1.86. The van der Waals surface area contributed by atoms with E-state index in [2.05, 4.69) is 32.9 Å². The third-order valence-corrected chi connectivity index (χ3v) is 2.94. The second-order valence-electron chi connectivity index (χ2n) is 4.80. The van der Waals surface area contributed by atoms with E-state index in [1.807, 2.05) is 19.1 Å². The lowest BCUT2D eigenvalue weighted by Crippen LogP contribution is -2.20. The van der Waals surface area contributed by atoms with Gasteiger partial charge < -0.3 is 5.11 Å². The van der Waals surface area contributed by atoms with Crippen LogP contribution < -0.4 is 0 Å². The predicted molar refractivity (Wildman–Crippen MR) is 65.0 cm³/mol. The molecule has 0 unspecified atom stereocenters. The van der Waals surface area contributed by atoms with Crippen molar-refractivity contribution in [3.05, 3.63) is 35.4 Å². The second kappa shape index (κ2) is 4.80. The van der Waals surface area contributed by atoms with Crippen LogP contribution in [-0.2, 0) is 5.60 Å². The van der Waals surface area contributed by atoms with E-state index in [0.29, 0.717) is 5.92 Å². The molecule has 0 saturated heterocycles. The maximum absolute atomic E-state index is 10.2. The van der Waals surface area contributed by atoms with Crippen LogP contribution in [0, 0.1) is 0 Å². The highest BCUT2D eigenvalue weighted by molar-refractivity contribution is 5.28. The Morgan fingerprint density at radius 1 is 1.20 bits per heavy atom. The maximum atomic E-state index is 10.2. The van der Waals surface area contributed by atoms with Gasteiger partial charge in [-0.1, -0.05) is 51.5 Å². The molecule has 1 atom stereocenters. The molecule has 1 heteroatoms. The second-order valence-corrected chi connectivity index (χ2v) is 4.80. The Morgan fingerprint density at radius 3 is 2.13 bits per heavy atom. The van der Waals surface area contributed by atoms with Gasteiger partial charge in [-0.2, -0.15) is 0 Å². The van der Waals surface area contributed by atoms with Crippen molar-refractivity contribution in [3.63, 3.8) is 0 Å². The molecule has 0 spiro atoms. The van der Waals surface area contributed by atoms with Crippen LogP contribution in [0.1, 0.15) is 57.6 Å². The van der Waals surface area contributed by atoms with Crippen molar-refractivity contribution in [2.24, 2.45) is 0 Å². The lowest BCUT2D eigenvalue weighted by molar-refractivity contribution is 0.0469. The molecule has 0 aromatic heterocycles. The van der Waals surface area contributed by atoms with Crippen molar-refractivity contribution in [1.82, 2.24) is 0 Å². The van der Waals surface area contributed by atoms with Gasteiger partial charge in [0.25, 0.3) is 0 Å². The van der Waals surface area contributed by atoms with Crippen LogP contribution >= 0.6 is 0 Å². The zero-order valence-corrected chi connectivity index (χ0v) is 10.2. The minimum absolute atomic E-state index is 0.551. The largest absolute Gasteiger partial charge is 0.385 e. The summed E-state index contributed by atoms with van der Waals surface area (Å²) in [5.74, 6) is 0.551. The molecule has 0 fully saturated rings. The fraction of sp³-hybridized carbons (Fsp3) is 0.571. The van der Waals surface area contributed by atoms with Gasteiger partial charge in [0.1, 0.15) is 0 Å². The van der Waals surface area contributed by atoms with Gasteiger partial charge in [0.2, 0.25) is 0 Å². The van der Waals surface area contributed by atoms with Gasteiger partial charge in [0, 0.05) is 0 Å². The molecule has 1 rings (SSSR count). The van der Waals surface area contributed by atoms with Gasteiger partial charge in [-0.05, 0) is 30.4 Å². The molecule has 0 aliphatic heterocycles. The average molecular weight is 206 g/mol. The fourth-order valence-electron chi connectivity index (χ4n) is 1.86. The van der Waals surface area contributed by atoms with Gasteiger partial charge >= 0.3 is 0 Å². The number of hydrogen-bond donors (Lipinski definition) is 1. The summed E-state index contributed by atoms with van der Waals surface area (Å²) in [6, 6.07) is 8.32. The minimum atomic E-state index is -0.676. The van der Waals surface area contributed by atoms with Crippen molar-refractivity contribution < 1.29 is 5.11 Å². The van der Waals surface area contributed by atoms with Gasteiger partial charge in [-0.3, -0.25) is 0 Å². The summed E-state index contributed by atoms with van der Waals surface area (Å²) in [5, 5.41) is 10.2. The van der Waals surface area contributed by atoms with Crippen LogP contribution in [0.15, 0.2) is 24.3 Å². The van der Waals surface area contributed by atoms with Crippen LogP contribution in [0.2, 0.25) is 0 Å². The topological polar surface area (TPSA) is 20.2 Å². The highest BCUT2D eigenvalue weighted by Gasteiger charge is 2.21. The quantitative estimate of drug-likeness (QED) is 0.794. The summed E-state index contributed by atoms with van der Waals surface area (Å²) in [7, 11) is 0. The number of benzene rings is 1. The standard InChI is InChI=1S/C14H22O/c1-5-10-14(4,15)13-8-6-12(7-9-13)11(2)3/h6-9,11,15H,5,10H2,1-4H3/t14-/m0/s1. The zero-order valence-electron chi connectivity index (χ0n) is 10.2. The maximum Gasteiger partial charge on any atom is 0.0868 e. The van der Waals surface area contributed by atoms with Gasteiger partial charge in [-0.25, -0.2) is 0 Å². The molecule has 0 aliphatic carbocycles. The van der Waals surface area contributed by atoms with Crippen LogP contribution in [0.3, 0.4) is 0 Å². The molecule has 0 saturated carbocycles. The van der Waals surface area contributed by atoms with E-state index in [9.17, 15) is 5.11 Å². The smallest absolute Gasteiger partial charge is 0.0868 e. The predicted octanol–water partition coefficient (Wildman–Crippen LogP) is 3.82. The number of rotatable bonds is 4. The monoisotopic (exact) mass is 206 g/mol. The third-order valence-electron chi connectivity index (χ3n) is 2.94. The molecule has 0 aliphatic rings. The summed E-state index contributed by atoms with van der Waals surface area (Å²) in [6.45, 7) is 8.34. The molecule has 0 amide bonds. The summed E-state index contributed by atoms with van der Waals surface area (Å²) >= 11 is 0. The summed E-state index contributed by atoms with van der Waals surface area (Å²) in [6.07, 6.45) is 1.81. The highest BCUT2D eigenvalue weighted by atomic mass is 16.3. The molecule has 0 radical (unpaired) electrons. The first-order valence-corrected chi connectivity index (χ1v) is 5.80. The number of hydrogen-bond acceptors (Lipinski definition) is 1. The Hall–Kier alpha value is -0.820. The summed E-state index contributed by atoms with van der Waals surface area (Å²) in [5.41, 5.74) is 1.67. The van der Waals surface area contributed by atoms with E-state index in [0.717, 1.165) is 18.4 Å². The summed E-state index contributed by atoms with van der Waals surface area (Å²) < 4.78 is 0. The molecule has 0 bridgehead atoms. The normalized spacial score (nSPS) is 15.3. The van der Waals surface area contributed by atoms with Crippen LogP contribution in [0.4, 0.5) is 0 Å². The van der Waals surface area contributed by atoms with E-state index in [1.165, 1.54) is 5.56 Å². The SMILES string of the molecule is CCC[C@](C)(O)c1ccc(C(C)C)cc1. The Morgan fingerprint density at radius 2 is 1.73 bits per heavy atom. The highest BCUT2D eigenvalue weighted by Crippen LogP contribution is 2.27. The third kappa shape index (κ3) is 3.07. The first-order valence-electron chi connectivity index (χ1n) is 5.80. The Balaban J connectivity index is 2.88. The van der Waals surface area contributed by atoms with Crippen molar-refractivity contribution >= 4 is 0 Å². The van der Waals surface area contributed by atoms with E-state index in [-0.39, 0.29) is 0 Å². The molecule has 1 nitrogen and oxygen atoms in total. The number of aliphatic hydroxyl groups is 1. The molecule has 1 aromatic rings. The zero-order chi connectivity index (χ0) is 11.5. The van der Waals surface area contributed by atoms with Crippen molar-refractivity contribution in [1.29, 1.82) is 0 Å². The van der Waals surface area contributed by atoms with Crippen LogP contribution in [-0.4, -0.2) is 5.11 Å². The Labute approximate surface area is 93.1 Å². The van der Waals surface area contributed by atoms with E-state index in [1.54, 1.807) is 0 Å². The Kier molecular flexibility index (Phi) is 3.92. The van der Waals surface area contributed by atoms with Gasteiger partial charge in [0.15, 0.2) is 0 Å². The molecule has 84 valence electrons. The van der Waals surface area contributed by atoms with Crippen molar-refractivity contribution in [3.8, 4) is 0 Å². The minimum Gasteiger partial charge on any atom is -0.385 e. The molecule has 1 aromatic carbocycles. The molecule has 1 N–H and O–H groups in total. The molecule has 0 heterocycles. The lowest BCUT2D eigenvalue weighted by atomic mass is 9.90. The first-order chi connectivity index (χ1) is 6.97. The molecular formula is C14H22O. The van der Waals surface area contributed by atoms with Gasteiger partial charge in [-0.15, -0.1) is 0 Å². The van der Waals surface area contributed by atoms with E-state index in [4.69, 9.17) is 0 Å². The van der Waals surface area contributed by atoms with Crippen LogP contribution in [0.25, 0.3) is 0 Å². The molecule has 15 heavy (non-hydrogen) atoms. The van der Waals surface area contributed by atoms with Crippen LogP contribution in [0.5, 0.6) is 0 Å². The van der Waals surface area contributed by atoms with E-state index >= 15 is 0 Å². The Bertz CT molecular complexity index is 296. The van der Waals surface area contributed by atoms with Gasteiger partial charge in [0.05, 0.1) is 5.60 Å². The van der Waals surface area contributed by atoms with Crippen molar-refractivity contribution in [2.45, 2.75) is 52.1 Å². The molecular weight excluding hydrogens is 184 g/mol. The first kappa shape index (κ1) is 12.3.